The van der Waals surface area contributed by atoms with Crippen molar-refractivity contribution in [2.75, 3.05) is 17.6 Å². The third-order valence-electron chi connectivity index (χ3n) is 3.11. The van der Waals surface area contributed by atoms with Gasteiger partial charge in [0.25, 0.3) is 5.56 Å². The van der Waals surface area contributed by atoms with Gasteiger partial charge in [-0.15, -0.1) is 0 Å². The van der Waals surface area contributed by atoms with Crippen LogP contribution in [0.15, 0.2) is 39.9 Å². The summed E-state index contributed by atoms with van der Waals surface area (Å²) < 4.78 is 1.36. The number of nitrogens with two attached hydrogens (primary N) is 1. The van der Waals surface area contributed by atoms with Crippen molar-refractivity contribution < 1.29 is 0 Å². The third-order valence-corrected chi connectivity index (χ3v) is 3.11. The van der Waals surface area contributed by atoms with E-state index in [2.05, 4.69) is 10.3 Å². The van der Waals surface area contributed by atoms with Crippen LogP contribution in [0.1, 0.15) is 19.4 Å². The second-order valence-electron chi connectivity index (χ2n) is 5.37. The topological polar surface area (TPSA) is 92.9 Å². The fourth-order valence-electron chi connectivity index (χ4n) is 1.99. The molecule has 0 radical (unpaired) electrons. The van der Waals surface area contributed by atoms with Gasteiger partial charge in [-0.3, -0.25) is 14.3 Å². The van der Waals surface area contributed by atoms with Gasteiger partial charge in [0.05, 0.1) is 6.54 Å². The van der Waals surface area contributed by atoms with Gasteiger partial charge in [-0.05, 0) is 11.5 Å². The number of nitrogen functional groups attached to an aromatic ring is 1. The standard InChI is InChI=1S/C15H20N4O2/c1-10(2)8-17-12-13(16)19(15(21)18-14(12)20)9-11-6-4-3-5-7-11/h3-7,10,17H,8-9,16H2,1-2H3,(H,18,20,21). The van der Waals surface area contributed by atoms with Crippen LogP contribution in [0.25, 0.3) is 0 Å². The maximum Gasteiger partial charge on any atom is 0.330 e. The van der Waals surface area contributed by atoms with Gasteiger partial charge in [-0.1, -0.05) is 44.2 Å². The Morgan fingerprint density at radius 2 is 1.90 bits per heavy atom. The highest BCUT2D eigenvalue weighted by Crippen LogP contribution is 2.12. The molecule has 0 unspecified atom stereocenters. The Bertz CT molecular complexity index is 717. The van der Waals surface area contributed by atoms with Crippen molar-refractivity contribution >= 4 is 11.5 Å². The first kappa shape index (κ1) is 14.9. The van der Waals surface area contributed by atoms with Crippen molar-refractivity contribution in [1.82, 2.24) is 9.55 Å². The molecule has 0 amide bonds. The van der Waals surface area contributed by atoms with Crippen LogP contribution in [-0.4, -0.2) is 16.1 Å². The molecule has 0 aliphatic heterocycles. The lowest BCUT2D eigenvalue weighted by Crippen LogP contribution is -2.34. The van der Waals surface area contributed by atoms with Gasteiger partial charge < -0.3 is 11.1 Å². The zero-order valence-corrected chi connectivity index (χ0v) is 12.2. The number of aromatic amines is 1. The van der Waals surface area contributed by atoms with Gasteiger partial charge in [0.1, 0.15) is 11.5 Å². The van der Waals surface area contributed by atoms with Crippen LogP contribution >= 0.6 is 0 Å². The Morgan fingerprint density at radius 3 is 2.52 bits per heavy atom. The highest BCUT2D eigenvalue weighted by atomic mass is 16.2. The molecule has 0 fully saturated rings. The summed E-state index contributed by atoms with van der Waals surface area (Å²) in [6, 6.07) is 9.48. The van der Waals surface area contributed by atoms with Crippen LogP contribution in [0, 0.1) is 5.92 Å². The number of rotatable bonds is 5. The monoisotopic (exact) mass is 288 g/mol. The Morgan fingerprint density at radius 1 is 1.24 bits per heavy atom. The van der Waals surface area contributed by atoms with Crippen LogP contribution < -0.4 is 22.3 Å². The molecule has 4 N–H and O–H groups in total. The molecular formula is C15H20N4O2. The zero-order valence-electron chi connectivity index (χ0n) is 12.2. The molecule has 1 aromatic carbocycles. The normalized spacial score (nSPS) is 10.8. The number of benzene rings is 1. The predicted octanol–water partition coefficient (Wildman–Crippen LogP) is 1.24. The number of nitrogens with zero attached hydrogens (tertiary/aromatic N) is 1. The summed E-state index contributed by atoms with van der Waals surface area (Å²) in [4.78, 5) is 26.1. The number of hydrogen-bond donors (Lipinski definition) is 3. The van der Waals surface area contributed by atoms with Gasteiger partial charge in [0, 0.05) is 6.54 Å². The Labute approximate surface area is 122 Å². The molecule has 2 aromatic rings. The molecule has 0 aliphatic rings. The molecular weight excluding hydrogens is 268 g/mol. The molecule has 6 heteroatoms. The summed E-state index contributed by atoms with van der Waals surface area (Å²) in [5, 5.41) is 3.01. The molecule has 1 aromatic heterocycles. The third kappa shape index (κ3) is 3.53. The summed E-state index contributed by atoms with van der Waals surface area (Å²) in [5.74, 6) is 0.520. The molecule has 1 heterocycles. The summed E-state index contributed by atoms with van der Waals surface area (Å²) in [7, 11) is 0. The average Bonchev–Trinajstić information content (AvgIpc) is 2.44. The van der Waals surface area contributed by atoms with Crippen LogP contribution in [0.4, 0.5) is 11.5 Å². The second kappa shape index (κ2) is 6.30. The molecule has 2 rings (SSSR count). The summed E-state index contributed by atoms with van der Waals surface area (Å²) in [5.41, 5.74) is 6.20. The van der Waals surface area contributed by atoms with Crippen LogP contribution in [0.3, 0.4) is 0 Å². The molecule has 0 bridgehead atoms. The van der Waals surface area contributed by atoms with Crippen molar-refractivity contribution in [3.05, 3.63) is 56.7 Å². The molecule has 0 atom stereocenters. The lowest BCUT2D eigenvalue weighted by molar-refractivity contribution is 0.683. The van der Waals surface area contributed by atoms with E-state index in [0.29, 0.717) is 19.0 Å². The fourth-order valence-corrected chi connectivity index (χ4v) is 1.99. The van der Waals surface area contributed by atoms with Crippen molar-refractivity contribution in [1.29, 1.82) is 0 Å². The van der Waals surface area contributed by atoms with Crippen molar-refractivity contribution in [2.24, 2.45) is 5.92 Å². The number of nitrogens with one attached hydrogen (secondary N) is 2. The van der Waals surface area contributed by atoms with E-state index < -0.39 is 11.2 Å². The minimum Gasteiger partial charge on any atom is -0.383 e. The van der Waals surface area contributed by atoms with Gasteiger partial charge in [-0.25, -0.2) is 4.79 Å². The molecule has 6 nitrogen and oxygen atoms in total. The molecule has 112 valence electrons. The van der Waals surface area contributed by atoms with Crippen LogP contribution in [-0.2, 0) is 6.54 Å². The summed E-state index contributed by atoms with van der Waals surface area (Å²) in [6.07, 6.45) is 0. The van der Waals surface area contributed by atoms with Gasteiger partial charge >= 0.3 is 5.69 Å². The van der Waals surface area contributed by atoms with Gasteiger partial charge in [0.2, 0.25) is 0 Å². The van der Waals surface area contributed by atoms with E-state index in [1.165, 1.54) is 4.57 Å². The first-order chi connectivity index (χ1) is 9.99. The van der Waals surface area contributed by atoms with E-state index in [0.717, 1.165) is 5.56 Å². The number of aromatic nitrogens is 2. The van der Waals surface area contributed by atoms with Crippen LogP contribution in [0.5, 0.6) is 0 Å². The Balaban J connectivity index is 2.39. The molecule has 21 heavy (non-hydrogen) atoms. The van der Waals surface area contributed by atoms with E-state index in [9.17, 15) is 9.59 Å². The van der Waals surface area contributed by atoms with Crippen molar-refractivity contribution in [3.63, 3.8) is 0 Å². The molecule has 0 aliphatic carbocycles. The maximum atomic E-state index is 12.0. The highest BCUT2D eigenvalue weighted by Gasteiger charge is 2.12. The molecule has 0 spiro atoms. The maximum absolute atomic E-state index is 12.0. The smallest absolute Gasteiger partial charge is 0.330 e. The minimum atomic E-state index is -0.503. The Kier molecular flexibility index (Phi) is 4.47. The summed E-state index contributed by atoms with van der Waals surface area (Å²) >= 11 is 0. The van der Waals surface area contributed by atoms with E-state index in [-0.39, 0.29) is 11.5 Å². The predicted molar refractivity (Wildman–Crippen MR) is 84.6 cm³/mol. The number of H-pyrrole nitrogens is 1. The SMILES string of the molecule is CC(C)CNc1c(N)n(Cc2ccccc2)c(=O)[nH]c1=O. The van der Waals surface area contributed by atoms with Gasteiger partial charge in [-0.2, -0.15) is 0 Å². The minimum absolute atomic E-state index is 0.160. The summed E-state index contributed by atoms with van der Waals surface area (Å²) in [6.45, 7) is 4.98. The lowest BCUT2D eigenvalue weighted by atomic mass is 10.2. The van der Waals surface area contributed by atoms with E-state index in [4.69, 9.17) is 5.73 Å². The van der Waals surface area contributed by atoms with Crippen molar-refractivity contribution in [2.45, 2.75) is 20.4 Å². The Hall–Kier alpha value is -2.50. The van der Waals surface area contributed by atoms with E-state index in [1.807, 2.05) is 44.2 Å². The first-order valence-electron chi connectivity index (χ1n) is 6.89. The van der Waals surface area contributed by atoms with Crippen molar-refractivity contribution in [3.8, 4) is 0 Å². The van der Waals surface area contributed by atoms with E-state index in [1.54, 1.807) is 0 Å². The highest BCUT2D eigenvalue weighted by molar-refractivity contribution is 5.60. The number of anilines is 2. The van der Waals surface area contributed by atoms with Crippen LogP contribution in [0.2, 0.25) is 0 Å². The lowest BCUT2D eigenvalue weighted by Gasteiger charge is -2.15. The molecule has 0 saturated carbocycles. The second-order valence-corrected chi connectivity index (χ2v) is 5.37. The fraction of sp³-hybridized carbons (Fsp3) is 0.333. The quantitative estimate of drug-likeness (QED) is 0.771. The number of hydrogen-bond acceptors (Lipinski definition) is 4. The average molecular weight is 288 g/mol. The van der Waals surface area contributed by atoms with Gasteiger partial charge in [0.15, 0.2) is 0 Å². The molecule has 0 saturated heterocycles. The zero-order chi connectivity index (χ0) is 15.4. The largest absolute Gasteiger partial charge is 0.383 e. The van der Waals surface area contributed by atoms with E-state index >= 15 is 0 Å². The first-order valence-corrected chi connectivity index (χ1v) is 6.89.